The minimum atomic E-state index is -0.360. The van der Waals surface area contributed by atoms with E-state index in [9.17, 15) is 4.79 Å². The number of hydrogen-bond donors (Lipinski definition) is 1. The number of amides is 1. The van der Waals surface area contributed by atoms with Gasteiger partial charge in [-0.1, -0.05) is 29.8 Å². The van der Waals surface area contributed by atoms with E-state index in [0.717, 1.165) is 11.1 Å². The molecule has 30 heavy (non-hydrogen) atoms. The summed E-state index contributed by atoms with van der Waals surface area (Å²) in [6, 6.07) is 21.9. The largest absolute Gasteiger partial charge is 0.493 e. The van der Waals surface area contributed by atoms with Crippen molar-refractivity contribution in [3.05, 3.63) is 94.5 Å². The van der Waals surface area contributed by atoms with E-state index in [2.05, 4.69) is 16.6 Å². The lowest BCUT2D eigenvalue weighted by Crippen LogP contribution is -2.17. The van der Waals surface area contributed by atoms with E-state index >= 15 is 0 Å². The molecule has 1 N–H and O–H groups in total. The summed E-state index contributed by atoms with van der Waals surface area (Å²) >= 11 is 0. The number of aryl methyl sites for hydroxylation is 1. The minimum Gasteiger partial charge on any atom is -0.493 e. The van der Waals surface area contributed by atoms with Crippen molar-refractivity contribution in [1.82, 2.24) is 5.43 Å². The van der Waals surface area contributed by atoms with Crippen LogP contribution in [-0.4, -0.2) is 19.2 Å². The Morgan fingerprint density at radius 2 is 1.90 bits per heavy atom. The molecule has 0 aliphatic carbocycles. The third-order valence-corrected chi connectivity index (χ3v) is 4.32. The fourth-order valence-electron chi connectivity index (χ4n) is 2.77. The maximum Gasteiger partial charge on any atom is 0.271 e. The van der Waals surface area contributed by atoms with Gasteiger partial charge in [0.15, 0.2) is 11.5 Å². The fourth-order valence-corrected chi connectivity index (χ4v) is 2.77. The Balaban J connectivity index is 1.62. The number of ether oxygens (including phenoxy) is 2. The predicted molar refractivity (Wildman–Crippen MR) is 115 cm³/mol. The van der Waals surface area contributed by atoms with Crippen molar-refractivity contribution in [2.45, 2.75) is 13.5 Å². The molecule has 0 saturated heterocycles. The van der Waals surface area contributed by atoms with Crippen LogP contribution in [0.4, 0.5) is 0 Å². The first kappa shape index (κ1) is 20.6. The number of hydrazone groups is 1. The standard InChI is InChI=1S/C24H21N3O3/c1-17-4-3-5-20(12-17)16-30-22-11-8-19(13-23(22)29-2)15-26-27-24(28)21-9-6-18(14-25)7-10-21/h3-13,15H,16H2,1-2H3,(H,27,28)/b26-15-. The van der Waals surface area contributed by atoms with E-state index in [-0.39, 0.29) is 5.91 Å². The van der Waals surface area contributed by atoms with Crippen LogP contribution in [0.5, 0.6) is 11.5 Å². The van der Waals surface area contributed by atoms with Crippen LogP contribution in [-0.2, 0) is 6.61 Å². The SMILES string of the molecule is COc1cc(/C=N\NC(=O)c2ccc(C#N)cc2)ccc1OCc1cccc(C)c1. The molecule has 0 aliphatic heterocycles. The average molecular weight is 399 g/mol. The molecular weight excluding hydrogens is 378 g/mol. The van der Waals surface area contributed by atoms with Gasteiger partial charge < -0.3 is 9.47 Å². The van der Waals surface area contributed by atoms with Crippen LogP contribution >= 0.6 is 0 Å². The van der Waals surface area contributed by atoms with E-state index in [1.54, 1.807) is 43.5 Å². The maximum atomic E-state index is 12.1. The summed E-state index contributed by atoms with van der Waals surface area (Å²) in [6.07, 6.45) is 1.52. The number of nitrogens with zero attached hydrogens (tertiary/aromatic N) is 2. The van der Waals surface area contributed by atoms with E-state index in [1.807, 2.05) is 37.3 Å². The van der Waals surface area contributed by atoms with Gasteiger partial charge in [0, 0.05) is 5.56 Å². The number of carbonyl (C=O) groups is 1. The van der Waals surface area contributed by atoms with E-state index in [4.69, 9.17) is 14.7 Å². The summed E-state index contributed by atoms with van der Waals surface area (Å²) in [6.45, 7) is 2.48. The molecule has 0 heterocycles. The minimum absolute atomic E-state index is 0.360. The quantitative estimate of drug-likeness (QED) is 0.476. The molecule has 0 unspecified atom stereocenters. The van der Waals surface area contributed by atoms with Crippen LogP contribution in [0.1, 0.15) is 32.6 Å². The average Bonchev–Trinajstić information content (AvgIpc) is 2.78. The van der Waals surface area contributed by atoms with Gasteiger partial charge in [0.05, 0.1) is 25.0 Å². The lowest BCUT2D eigenvalue weighted by Gasteiger charge is -2.11. The van der Waals surface area contributed by atoms with Gasteiger partial charge >= 0.3 is 0 Å². The van der Waals surface area contributed by atoms with Gasteiger partial charge in [0.25, 0.3) is 5.91 Å². The smallest absolute Gasteiger partial charge is 0.271 e. The molecular formula is C24H21N3O3. The zero-order chi connectivity index (χ0) is 21.3. The molecule has 0 spiro atoms. The number of hydrogen-bond acceptors (Lipinski definition) is 5. The molecule has 6 nitrogen and oxygen atoms in total. The normalized spacial score (nSPS) is 10.4. The topological polar surface area (TPSA) is 83.7 Å². The highest BCUT2D eigenvalue weighted by atomic mass is 16.5. The second-order valence-corrected chi connectivity index (χ2v) is 6.58. The molecule has 0 bridgehead atoms. The molecule has 0 aromatic heterocycles. The van der Waals surface area contributed by atoms with Crippen LogP contribution in [0, 0.1) is 18.3 Å². The molecule has 6 heteroatoms. The Bertz CT molecular complexity index is 1100. The summed E-state index contributed by atoms with van der Waals surface area (Å²) in [5, 5.41) is 12.8. The molecule has 0 saturated carbocycles. The van der Waals surface area contributed by atoms with Crippen molar-refractivity contribution in [2.24, 2.45) is 5.10 Å². The zero-order valence-electron chi connectivity index (χ0n) is 16.8. The molecule has 0 aliphatic rings. The highest BCUT2D eigenvalue weighted by Crippen LogP contribution is 2.28. The molecule has 0 radical (unpaired) electrons. The van der Waals surface area contributed by atoms with Crippen LogP contribution < -0.4 is 14.9 Å². The summed E-state index contributed by atoms with van der Waals surface area (Å²) in [5.41, 5.74) is 6.38. The van der Waals surface area contributed by atoms with Gasteiger partial charge in [-0.15, -0.1) is 0 Å². The first-order valence-corrected chi connectivity index (χ1v) is 9.29. The summed E-state index contributed by atoms with van der Waals surface area (Å²) < 4.78 is 11.3. The molecule has 0 fully saturated rings. The Morgan fingerprint density at radius 1 is 1.10 bits per heavy atom. The van der Waals surface area contributed by atoms with Crippen molar-refractivity contribution >= 4 is 12.1 Å². The van der Waals surface area contributed by atoms with Crippen LogP contribution in [0.25, 0.3) is 0 Å². The van der Waals surface area contributed by atoms with Gasteiger partial charge in [-0.2, -0.15) is 10.4 Å². The summed E-state index contributed by atoms with van der Waals surface area (Å²) in [4.78, 5) is 12.1. The van der Waals surface area contributed by atoms with E-state index in [1.165, 1.54) is 11.8 Å². The van der Waals surface area contributed by atoms with Gasteiger partial charge in [-0.05, 0) is 60.5 Å². The van der Waals surface area contributed by atoms with Gasteiger partial charge in [-0.3, -0.25) is 4.79 Å². The molecule has 0 atom stereocenters. The molecule has 150 valence electrons. The number of benzene rings is 3. The predicted octanol–water partition coefficient (Wildman–Crippen LogP) is 4.22. The van der Waals surface area contributed by atoms with Gasteiger partial charge in [-0.25, -0.2) is 5.43 Å². The number of carbonyl (C=O) groups excluding carboxylic acids is 1. The highest BCUT2D eigenvalue weighted by Gasteiger charge is 2.07. The van der Waals surface area contributed by atoms with Crippen molar-refractivity contribution < 1.29 is 14.3 Å². The first-order valence-electron chi connectivity index (χ1n) is 9.29. The lowest BCUT2D eigenvalue weighted by molar-refractivity contribution is 0.0955. The second-order valence-electron chi connectivity index (χ2n) is 6.58. The van der Waals surface area contributed by atoms with Crippen molar-refractivity contribution in [3.63, 3.8) is 0 Å². The Kier molecular flexibility index (Phi) is 6.80. The number of methoxy groups -OCH3 is 1. The maximum absolute atomic E-state index is 12.1. The van der Waals surface area contributed by atoms with E-state index < -0.39 is 0 Å². The van der Waals surface area contributed by atoms with Gasteiger partial charge in [0.2, 0.25) is 0 Å². The van der Waals surface area contributed by atoms with E-state index in [0.29, 0.717) is 29.2 Å². The first-order chi connectivity index (χ1) is 14.6. The molecule has 3 aromatic rings. The molecule has 1 amide bonds. The summed E-state index contributed by atoms with van der Waals surface area (Å²) in [5.74, 6) is 0.837. The van der Waals surface area contributed by atoms with Crippen LogP contribution in [0.2, 0.25) is 0 Å². The third kappa shape index (κ3) is 5.46. The third-order valence-electron chi connectivity index (χ3n) is 4.32. The van der Waals surface area contributed by atoms with Gasteiger partial charge in [0.1, 0.15) is 6.61 Å². The Labute approximate surface area is 175 Å². The molecule has 3 aromatic carbocycles. The Morgan fingerprint density at radius 3 is 2.60 bits per heavy atom. The van der Waals surface area contributed by atoms with Crippen LogP contribution in [0.3, 0.4) is 0 Å². The van der Waals surface area contributed by atoms with Crippen molar-refractivity contribution in [3.8, 4) is 17.6 Å². The number of rotatable bonds is 7. The fraction of sp³-hybridized carbons (Fsp3) is 0.125. The monoisotopic (exact) mass is 399 g/mol. The van der Waals surface area contributed by atoms with Crippen LogP contribution in [0.15, 0.2) is 71.8 Å². The highest BCUT2D eigenvalue weighted by molar-refractivity contribution is 5.95. The van der Waals surface area contributed by atoms with Crippen molar-refractivity contribution in [2.75, 3.05) is 7.11 Å². The zero-order valence-corrected chi connectivity index (χ0v) is 16.8. The Hall–Kier alpha value is -4.11. The summed E-state index contributed by atoms with van der Waals surface area (Å²) in [7, 11) is 1.57. The lowest BCUT2D eigenvalue weighted by atomic mass is 10.1. The van der Waals surface area contributed by atoms with Crippen molar-refractivity contribution in [1.29, 1.82) is 5.26 Å². The number of nitrogens with one attached hydrogen (secondary N) is 1. The second kappa shape index (κ2) is 9.89. The number of nitriles is 1. The molecule has 3 rings (SSSR count).